The first-order valence-corrected chi connectivity index (χ1v) is 13.5. The molecule has 1 fully saturated rings. The summed E-state index contributed by atoms with van der Waals surface area (Å²) < 4.78 is 30.3. The zero-order chi connectivity index (χ0) is 24.0. The molecule has 1 aliphatic carbocycles. The number of rotatable bonds is 4. The normalized spacial score (nSPS) is 19.9. The second kappa shape index (κ2) is 8.33. The average Bonchev–Trinajstić information content (AvgIpc) is 3.46. The highest BCUT2D eigenvalue weighted by Crippen LogP contribution is 2.60. The highest BCUT2D eigenvalue weighted by molar-refractivity contribution is 7.89. The fourth-order valence-corrected chi connectivity index (χ4v) is 7.70. The van der Waals surface area contributed by atoms with Gasteiger partial charge in [-0.1, -0.05) is 103 Å². The molecular weight excluding hydrogens is 450 g/mol. The second-order valence-electron chi connectivity index (χ2n) is 9.38. The van der Waals surface area contributed by atoms with Crippen molar-refractivity contribution in [2.75, 3.05) is 6.54 Å². The van der Waals surface area contributed by atoms with Crippen LogP contribution >= 0.6 is 0 Å². The molecule has 1 spiro atoms. The Kier molecular flexibility index (Phi) is 5.24. The third kappa shape index (κ3) is 3.32. The molecule has 1 atom stereocenters. The first kappa shape index (κ1) is 22.0. The van der Waals surface area contributed by atoms with Gasteiger partial charge in [0.25, 0.3) is 0 Å². The van der Waals surface area contributed by atoms with Gasteiger partial charge in [-0.15, -0.1) is 0 Å². The summed E-state index contributed by atoms with van der Waals surface area (Å²) in [7, 11) is -3.74. The summed E-state index contributed by atoms with van der Waals surface area (Å²) in [6.07, 6.45) is 1.55. The molecule has 0 radical (unpaired) electrons. The summed E-state index contributed by atoms with van der Waals surface area (Å²) in [4.78, 5) is 0.349. The van der Waals surface area contributed by atoms with Gasteiger partial charge in [-0.25, -0.2) is 8.42 Å². The molecule has 1 heterocycles. The smallest absolute Gasteiger partial charge is 0.207 e. The minimum absolute atomic E-state index is 0.349. The van der Waals surface area contributed by atoms with E-state index in [-0.39, 0.29) is 0 Å². The lowest BCUT2D eigenvalue weighted by molar-refractivity contribution is 0.324. The first-order valence-electron chi connectivity index (χ1n) is 12.1. The van der Waals surface area contributed by atoms with Crippen molar-refractivity contribution in [3.8, 4) is 0 Å². The lowest BCUT2D eigenvalue weighted by atomic mass is 9.81. The molecule has 0 N–H and O–H groups in total. The lowest BCUT2D eigenvalue weighted by Crippen LogP contribution is -2.44. The van der Waals surface area contributed by atoms with Crippen molar-refractivity contribution in [2.45, 2.75) is 30.2 Å². The Labute approximate surface area is 207 Å². The minimum Gasteiger partial charge on any atom is -0.207 e. The van der Waals surface area contributed by atoms with Gasteiger partial charge in [0.1, 0.15) is 0 Å². The van der Waals surface area contributed by atoms with E-state index in [4.69, 9.17) is 0 Å². The maximum atomic E-state index is 14.2. The molecule has 174 valence electrons. The van der Waals surface area contributed by atoms with E-state index in [0.29, 0.717) is 11.4 Å². The van der Waals surface area contributed by atoms with E-state index >= 15 is 0 Å². The minimum atomic E-state index is -3.74. The molecule has 3 nitrogen and oxygen atoms in total. The summed E-state index contributed by atoms with van der Waals surface area (Å²) in [5.74, 6) is 0. The largest absolute Gasteiger partial charge is 0.244 e. The van der Waals surface area contributed by atoms with Crippen LogP contribution in [0.4, 0.5) is 0 Å². The summed E-state index contributed by atoms with van der Waals surface area (Å²) in [5.41, 5.74) is 6.85. The molecule has 0 bridgehead atoms. The molecule has 2 aliphatic rings. The van der Waals surface area contributed by atoms with E-state index in [0.717, 1.165) is 51.8 Å². The van der Waals surface area contributed by atoms with Gasteiger partial charge in [0.05, 0.1) is 10.4 Å². The van der Waals surface area contributed by atoms with Crippen LogP contribution in [0.5, 0.6) is 0 Å². The van der Waals surface area contributed by atoms with Crippen molar-refractivity contribution < 1.29 is 8.42 Å². The Bertz CT molecular complexity index is 1520. The lowest BCUT2D eigenvalue weighted by Gasteiger charge is -2.38. The zero-order valence-corrected chi connectivity index (χ0v) is 20.5. The summed E-state index contributed by atoms with van der Waals surface area (Å²) in [5, 5.41) is 0. The third-order valence-corrected chi connectivity index (χ3v) is 9.31. The molecule has 0 unspecified atom stereocenters. The van der Waals surface area contributed by atoms with E-state index in [1.165, 1.54) is 0 Å². The average molecular weight is 478 g/mol. The van der Waals surface area contributed by atoms with Crippen LogP contribution in [0.2, 0.25) is 0 Å². The van der Waals surface area contributed by atoms with Gasteiger partial charge in [0, 0.05) is 6.54 Å². The van der Waals surface area contributed by atoms with Gasteiger partial charge in [-0.3, -0.25) is 0 Å². The number of sulfonamides is 1. The zero-order valence-electron chi connectivity index (χ0n) is 19.7. The number of benzene rings is 4. The maximum absolute atomic E-state index is 14.2. The molecule has 35 heavy (non-hydrogen) atoms. The van der Waals surface area contributed by atoms with Crippen LogP contribution in [0.3, 0.4) is 0 Å². The highest BCUT2D eigenvalue weighted by Gasteiger charge is 2.56. The van der Waals surface area contributed by atoms with Crippen molar-refractivity contribution in [3.05, 3.63) is 137 Å². The Morgan fingerprint density at radius 2 is 1.31 bits per heavy atom. The second-order valence-corrected chi connectivity index (χ2v) is 11.2. The molecular formula is C31H27NO2S. The number of nitrogens with zero attached hydrogens (tertiary/aromatic N) is 1. The van der Waals surface area contributed by atoms with Crippen molar-refractivity contribution in [1.29, 1.82) is 0 Å². The van der Waals surface area contributed by atoms with Crippen molar-refractivity contribution in [3.63, 3.8) is 0 Å². The molecule has 1 aliphatic heterocycles. The quantitative estimate of drug-likeness (QED) is 0.330. The molecule has 0 amide bonds. The van der Waals surface area contributed by atoms with E-state index < -0.39 is 15.6 Å². The molecule has 4 aromatic rings. The van der Waals surface area contributed by atoms with Crippen molar-refractivity contribution >= 4 is 21.2 Å². The molecule has 1 saturated heterocycles. The maximum Gasteiger partial charge on any atom is 0.244 e. The number of hydrogen-bond donors (Lipinski definition) is 0. The topological polar surface area (TPSA) is 37.4 Å². The van der Waals surface area contributed by atoms with Gasteiger partial charge in [0.2, 0.25) is 10.0 Å². The van der Waals surface area contributed by atoms with Crippen LogP contribution in [0.1, 0.15) is 40.7 Å². The Balaban J connectivity index is 1.68. The summed E-state index contributed by atoms with van der Waals surface area (Å²) in [6, 6.07) is 36.3. The summed E-state index contributed by atoms with van der Waals surface area (Å²) >= 11 is 0. The SMILES string of the molecule is Cc1ccc(S(=O)(=O)N2CCC[C@@]23C(c2ccccc2)=C(c2ccccc2)c2ccccc23)cc1. The van der Waals surface area contributed by atoms with E-state index in [2.05, 4.69) is 42.5 Å². The fourth-order valence-electron chi connectivity index (χ4n) is 5.91. The summed E-state index contributed by atoms with van der Waals surface area (Å²) in [6.45, 7) is 2.46. The van der Waals surface area contributed by atoms with Gasteiger partial charge < -0.3 is 0 Å². The Morgan fingerprint density at radius 3 is 2.00 bits per heavy atom. The Hall–Kier alpha value is -3.47. The molecule has 0 saturated carbocycles. The fraction of sp³-hybridized carbons (Fsp3) is 0.161. The molecule has 4 aromatic carbocycles. The monoisotopic (exact) mass is 477 g/mol. The number of aryl methyl sites for hydroxylation is 1. The van der Waals surface area contributed by atoms with Crippen LogP contribution in [0, 0.1) is 6.92 Å². The standard InChI is InChI=1S/C31H27NO2S/c1-23-17-19-26(20-18-23)35(33,34)32-22-10-21-31(32)28-16-9-8-15-27(28)29(24-11-4-2-5-12-24)30(31)25-13-6-3-7-14-25/h2-9,11-20H,10,21-22H2,1H3/t31-/m1/s1. The first-order chi connectivity index (χ1) is 17.0. The highest BCUT2D eigenvalue weighted by atomic mass is 32.2. The predicted molar refractivity (Wildman–Crippen MR) is 141 cm³/mol. The van der Waals surface area contributed by atoms with Crippen LogP contribution in [0.15, 0.2) is 114 Å². The van der Waals surface area contributed by atoms with Crippen molar-refractivity contribution in [2.24, 2.45) is 0 Å². The third-order valence-electron chi connectivity index (χ3n) is 7.37. The van der Waals surface area contributed by atoms with Crippen molar-refractivity contribution in [1.82, 2.24) is 4.31 Å². The van der Waals surface area contributed by atoms with Gasteiger partial charge in [-0.05, 0) is 65.3 Å². The molecule has 6 rings (SSSR count). The van der Waals surface area contributed by atoms with E-state index in [1.807, 2.05) is 61.5 Å². The number of fused-ring (bicyclic) bond motifs is 2. The molecule has 4 heteroatoms. The predicted octanol–water partition coefficient (Wildman–Crippen LogP) is 6.65. The molecule has 0 aromatic heterocycles. The van der Waals surface area contributed by atoms with Gasteiger partial charge >= 0.3 is 0 Å². The van der Waals surface area contributed by atoms with Crippen LogP contribution < -0.4 is 0 Å². The van der Waals surface area contributed by atoms with Gasteiger partial charge in [0.15, 0.2) is 0 Å². The van der Waals surface area contributed by atoms with E-state index in [1.54, 1.807) is 16.4 Å². The van der Waals surface area contributed by atoms with Crippen LogP contribution in [0.25, 0.3) is 11.1 Å². The van der Waals surface area contributed by atoms with E-state index in [9.17, 15) is 8.42 Å². The number of hydrogen-bond acceptors (Lipinski definition) is 2. The van der Waals surface area contributed by atoms with Crippen LogP contribution in [-0.2, 0) is 15.6 Å². The Morgan fingerprint density at radius 1 is 0.714 bits per heavy atom. The van der Waals surface area contributed by atoms with Gasteiger partial charge in [-0.2, -0.15) is 4.31 Å². The van der Waals surface area contributed by atoms with Crippen LogP contribution in [-0.4, -0.2) is 19.3 Å².